The number of rotatable bonds is 12. The summed E-state index contributed by atoms with van der Waals surface area (Å²) in [5.74, 6) is 1.29. The predicted octanol–water partition coefficient (Wildman–Crippen LogP) is 3.92. The van der Waals surface area contributed by atoms with E-state index in [9.17, 15) is 13.2 Å². The van der Waals surface area contributed by atoms with Crippen molar-refractivity contribution in [1.82, 2.24) is 9.62 Å². The number of nitrogens with one attached hydrogen (secondary N) is 1. The number of aryl methyl sites for hydroxylation is 1. The Bertz CT molecular complexity index is 1260. The number of hydrogen-bond donors (Lipinski definition) is 1. The van der Waals surface area contributed by atoms with E-state index in [1.165, 1.54) is 24.6 Å². The van der Waals surface area contributed by atoms with Crippen molar-refractivity contribution in [3.8, 4) is 17.2 Å². The standard InChI is InChI=1S/C27H32N2O6S/c1-5-35-24-15-14-22(16-20(24)2)36(31,32)29(18-21-10-7-6-8-11-21)19-27(30)28-17-23-25(33-3)12-9-13-26(23)34-4/h6-16H,5,17-19H2,1-4H3,(H,28,30). The Morgan fingerprint density at radius 3 is 2.17 bits per heavy atom. The fourth-order valence-electron chi connectivity index (χ4n) is 3.77. The van der Waals surface area contributed by atoms with E-state index in [1.807, 2.05) is 37.3 Å². The van der Waals surface area contributed by atoms with Gasteiger partial charge in [-0.05, 0) is 55.3 Å². The maximum atomic E-state index is 13.6. The van der Waals surface area contributed by atoms with Crippen molar-refractivity contribution in [1.29, 1.82) is 0 Å². The molecule has 0 radical (unpaired) electrons. The van der Waals surface area contributed by atoms with Crippen LogP contribution in [-0.4, -0.2) is 46.0 Å². The lowest BCUT2D eigenvalue weighted by molar-refractivity contribution is -0.121. The van der Waals surface area contributed by atoms with Gasteiger partial charge in [0.05, 0.1) is 44.4 Å². The van der Waals surface area contributed by atoms with E-state index < -0.39 is 15.9 Å². The molecule has 0 unspecified atom stereocenters. The molecule has 0 aliphatic carbocycles. The second-order valence-electron chi connectivity index (χ2n) is 8.04. The first-order valence-corrected chi connectivity index (χ1v) is 13.0. The van der Waals surface area contributed by atoms with Crippen LogP contribution in [0.5, 0.6) is 17.2 Å². The van der Waals surface area contributed by atoms with Gasteiger partial charge in [0.1, 0.15) is 17.2 Å². The van der Waals surface area contributed by atoms with Crippen LogP contribution in [0.1, 0.15) is 23.6 Å². The van der Waals surface area contributed by atoms with Crippen LogP contribution in [-0.2, 0) is 27.9 Å². The molecule has 0 saturated carbocycles. The summed E-state index contributed by atoms with van der Waals surface area (Å²) >= 11 is 0. The first-order chi connectivity index (χ1) is 17.3. The van der Waals surface area contributed by atoms with E-state index in [-0.39, 0.29) is 24.5 Å². The van der Waals surface area contributed by atoms with Crippen LogP contribution in [0, 0.1) is 6.92 Å². The summed E-state index contributed by atoms with van der Waals surface area (Å²) < 4.78 is 44.7. The molecule has 9 heteroatoms. The summed E-state index contributed by atoms with van der Waals surface area (Å²) in [4.78, 5) is 13.1. The van der Waals surface area contributed by atoms with E-state index in [0.29, 0.717) is 35.0 Å². The van der Waals surface area contributed by atoms with Gasteiger partial charge < -0.3 is 19.5 Å². The molecule has 0 atom stereocenters. The summed E-state index contributed by atoms with van der Waals surface area (Å²) in [5, 5.41) is 2.80. The Hall–Kier alpha value is -3.56. The minimum atomic E-state index is -3.99. The average molecular weight is 513 g/mol. The normalized spacial score (nSPS) is 11.2. The lowest BCUT2D eigenvalue weighted by Gasteiger charge is -2.23. The van der Waals surface area contributed by atoms with Gasteiger partial charge in [-0.25, -0.2) is 8.42 Å². The molecular weight excluding hydrogens is 480 g/mol. The average Bonchev–Trinajstić information content (AvgIpc) is 2.88. The quantitative estimate of drug-likeness (QED) is 0.395. The van der Waals surface area contributed by atoms with Gasteiger partial charge in [-0.1, -0.05) is 36.4 Å². The van der Waals surface area contributed by atoms with Crippen molar-refractivity contribution in [3.05, 3.63) is 83.4 Å². The van der Waals surface area contributed by atoms with Gasteiger partial charge in [0.2, 0.25) is 15.9 Å². The first-order valence-electron chi connectivity index (χ1n) is 11.5. The molecule has 3 aromatic carbocycles. The van der Waals surface area contributed by atoms with Gasteiger partial charge in [0, 0.05) is 6.54 Å². The first kappa shape index (κ1) is 27.0. The zero-order chi connectivity index (χ0) is 26.1. The molecule has 1 amide bonds. The van der Waals surface area contributed by atoms with Crippen LogP contribution < -0.4 is 19.5 Å². The SMILES string of the molecule is CCOc1ccc(S(=O)(=O)N(CC(=O)NCc2c(OC)cccc2OC)Cc2ccccc2)cc1C. The summed E-state index contributed by atoms with van der Waals surface area (Å²) in [6, 6.07) is 19.2. The molecule has 0 aromatic heterocycles. The zero-order valence-corrected chi connectivity index (χ0v) is 21.8. The van der Waals surface area contributed by atoms with Gasteiger partial charge >= 0.3 is 0 Å². The summed E-state index contributed by atoms with van der Waals surface area (Å²) in [6.45, 7) is 3.93. The van der Waals surface area contributed by atoms with Gasteiger partial charge in [-0.15, -0.1) is 0 Å². The van der Waals surface area contributed by atoms with Gasteiger partial charge in [-0.3, -0.25) is 4.79 Å². The molecule has 0 saturated heterocycles. The van der Waals surface area contributed by atoms with Crippen LogP contribution in [0.3, 0.4) is 0 Å². The minimum absolute atomic E-state index is 0.0425. The van der Waals surface area contributed by atoms with Crippen LogP contribution in [0.4, 0.5) is 0 Å². The van der Waals surface area contributed by atoms with E-state index in [0.717, 1.165) is 5.56 Å². The molecule has 0 bridgehead atoms. The molecular formula is C27H32N2O6S. The number of nitrogens with zero attached hydrogens (tertiary/aromatic N) is 1. The number of carbonyl (C=O) groups excluding carboxylic acids is 1. The second kappa shape index (κ2) is 12.4. The summed E-state index contributed by atoms with van der Waals surface area (Å²) in [7, 11) is -0.920. The number of amides is 1. The zero-order valence-electron chi connectivity index (χ0n) is 21.0. The Morgan fingerprint density at radius 1 is 0.917 bits per heavy atom. The van der Waals surface area contributed by atoms with Crippen molar-refractivity contribution in [2.75, 3.05) is 27.4 Å². The third-order valence-corrected chi connectivity index (χ3v) is 7.39. The van der Waals surface area contributed by atoms with Crippen molar-refractivity contribution in [2.45, 2.75) is 31.8 Å². The third-order valence-electron chi connectivity index (χ3n) is 5.60. The lowest BCUT2D eigenvalue weighted by Crippen LogP contribution is -2.40. The number of sulfonamides is 1. The highest BCUT2D eigenvalue weighted by Crippen LogP contribution is 2.28. The molecule has 3 rings (SSSR count). The topological polar surface area (TPSA) is 94.2 Å². The van der Waals surface area contributed by atoms with Gasteiger partial charge in [0.15, 0.2) is 0 Å². The second-order valence-corrected chi connectivity index (χ2v) is 9.97. The number of benzene rings is 3. The van der Waals surface area contributed by atoms with E-state index in [1.54, 1.807) is 37.3 Å². The monoisotopic (exact) mass is 512 g/mol. The van der Waals surface area contributed by atoms with E-state index in [4.69, 9.17) is 14.2 Å². The Labute approximate surface area is 212 Å². The maximum absolute atomic E-state index is 13.6. The molecule has 1 N–H and O–H groups in total. The van der Waals surface area contributed by atoms with Crippen molar-refractivity contribution in [2.24, 2.45) is 0 Å². The molecule has 0 heterocycles. The molecule has 0 fully saturated rings. The Kier molecular flexibility index (Phi) is 9.32. The molecule has 0 aliphatic heterocycles. The van der Waals surface area contributed by atoms with Crippen molar-refractivity contribution < 1.29 is 27.4 Å². The third kappa shape index (κ3) is 6.56. The minimum Gasteiger partial charge on any atom is -0.496 e. The largest absolute Gasteiger partial charge is 0.496 e. The number of methoxy groups -OCH3 is 2. The molecule has 0 aliphatic rings. The molecule has 192 valence electrons. The van der Waals surface area contributed by atoms with Crippen molar-refractivity contribution >= 4 is 15.9 Å². The molecule has 3 aromatic rings. The Balaban J connectivity index is 1.85. The van der Waals surface area contributed by atoms with Crippen molar-refractivity contribution in [3.63, 3.8) is 0 Å². The fraction of sp³-hybridized carbons (Fsp3) is 0.296. The summed E-state index contributed by atoms with van der Waals surface area (Å²) in [6.07, 6.45) is 0. The highest BCUT2D eigenvalue weighted by atomic mass is 32.2. The number of carbonyl (C=O) groups is 1. The van der Waals surface area contributed by atoms with Crippen LogP contribution in [0.25, 0.3) is 0 Å². The fourth-order valence-corrected chi connectivity index (χ4v) is 5.24. The molecule has 8 nitrogen and oxygen atoms in total. The van der Waals surface area contributed by atoms with Crippen LogP contribution in [0.2, 0.25) is 0 Å². The van der Waals surface area contributed by atoms with Crippen LogP contribution in [0.15, 0.2) is 71.6 Å². The highest BCUT2D eigenvalue weighted by Gasteiger charge is 2.28. The van der Waals surface area contributed by atoms with E-state index >= 15 is 0 Å². The number of hydrogen-bond acceptors (Lipinski definition) is 6. The Morgan fingerprint density at radius 2 is 1.58 bits per heavy atom. The van der Waals surface area contributed by atoms with Gasteiger partial charge in [-0.2, -0.15) is 4.31 Å². The summed E-state index contributed by atoms with van der Waals surface area (Å²) in [5.41, 5.74) is 2.13. The maximum Gasteiger partial charge on any atom is 0.243 e. The lowest BCUT2D eigenvalue weighted by atomic mass is 10.1. The molecule has 36 heavy (non-hydrogen) atoms. The van der Waals surface area contributed by atoms with Gasteiger partial charge in [0.25, 0.3) is 0 Å². The van der Waals surface area contributed by atoms with Crippen LogP contribution >= 0.6 is 0 Å². The highest BCUT2D eigenvalue weighted by molar-refractivity contribution is 7.89. The smallest absolute Gasteiger partial charge is 0.243 e. The predicted molar refractivity (Wildman–Crippen MR) is 138 cm³/mol. The number of ether oxygens (including phenoxy) is 3. The molecule has 0 spiro atoms. The van der Waals surface area contributed by atoms with E-state index in [2.05, 4.69) is 5.32 Å².